The lowest BCUT2D eigenvalue weighted by Crippen LogP contribution is -2.31. The average molecular weight is 258 g/mol. The van der Waals surface area contributed by atoms with Crippen LogP contribution in [0.2, 0.25) is 10.0 Å². The lowest BCUT2D eigenvalue weighted by atomic mass is 10.1. The van der Waals surface area contributed by atoms with Crippen LogP contribution >= 0.6 is 23.2 Å². The van der Waals surface area contributed by atoms with E-state index in [1.807, 2.05) is 12.1 Å². The van der Waals surface area contributed by atoms with Gasteiger partial charge >= 0.3 is 0 Å². The molecule has 0 radical (unpaired) electrons. The number of rotatable bonds is 3. The summed E-state index contributed by atoms with van der Waals surface area (Å²) in [5.74, 6) is 0. The molecular formula is C13H17Cl2N. The number of piperidine rings is 1. The van der Waals surface area contributed by atoms with Crippen LogP contribution in [-0.4, -0.2) is 24.5 Å². The minimum Gasteiger partial charge on any atom is -0.303 e. The SMILES string of the molecule is Clc1ccc(CCN2CCCCC2)cc1Cl. The lowest BCUT2D eigenvalue weighted by Gasteiger charge is -2.26. The minimum absolute atomic E-state index is 0.642. The topological polar surface area (TPSA) is 3.24 Å². The fourth-order valence-electron chi connectivity index (χ4n) is 2.17. The maximum atomic E-state index is 5.99. The third kappa shape index (κ3) is 3.38. The van der Waals surface area contributed by atoms with Gasteiger partial charge in [-0.05, 0) is 50.0 Å². The van der Waals surface area contributed by atoms with E-state index in [0.29, 0.717) is 10.0 Å². The summed E-state index contributed by atoms with van der Waals surface area (Å²) in [6.07, 6.45) is 5.16. The van der Waals surface area contributed by atoms with Gasteiger partial charge in [-0.25, -0.2) is 0 Å². The molecule has 1 aromatic carbocycles. The van der Waals surface area contributed by atoms with Crippen LogP contribution in [0.5, 0.6) is 0 Å². The first kappa shape index (κ1) is 12.2. The molecule has 16 heavy (non-hydrogen) atoms. The van der Waals surface area contributed by atoms with E-state index in [1.54, 1.807) is 0 Å². The van der Waals surface area contributed by atoms with Crippen molar-refractivity contribution in [2.24, 2.45) is 0 Å². The summed E-state index contributed by atoms with van der Waals surface area (Å²) in [5, 5.41) is 1.31. The Morgan fingerprint density at radius 3 is 2.44 bits per heavy atom. The maximum absolute atomic E-state index is 5.99. The van der Waals surface area contributed by atoms with Crippen molar-refractivity contribution in [2.75, 3.05) is 19.6 Å². The highest BCUT2D eigenvalue weighted by Crippen LogP contribution is 2.23. The van der Waals surface area contributed by atoms with Crippen LogP contribution in [0.15, 0.2) is 18.2 Å². The molecule has 1 nitrogen and oxygen atoms in total. The third-order valence-electron chi connectivity index (χ3n) is 3.15. The average Bonchev–Trinajstić information content (AvgIpc) is 2.32. The summed E-state index contributed by atoms with van der Waals surface area (Å²) in [5.41, 5.74) is 1.28. The Kier molecular flexibility index (Phi) is 4.51. The van der Waals surface area contributed by atoms with Gasteiger partial charge in [0.05, 0.1) is 10.0 Å². The molecule has 1 fully saturated rings. The van der Waals surface area contributed by atoms with Gasteiger partial charge in [0.2, 0.25) is 0 Å². The predicted molar refractivity (Wildman–Crippen MR) is 70.5 cm³/mol. The van der Waals surface area contributed by atoms with E-state index in [9.17, 15) is 0 Å². The highest BCUT2D eigenvalue weighted by molar-refractivity contribution is 6.42. The number of hydrogen-bond donors (Lipinski definition) is 0. The highest BCUT2D eigenvalue weighted by Gasteiger charge is 2.09. The molecule has 0 spiro atoms. The lowest BCUT2D eigenvalue weighted by molar-refractivity contribution is 0.231. The molecule has 0 N–H and O–H groups in total. The van der Waals surface area contributed by atoms with Crippen LogP contribution in [0.1, 0.15) is 24.8 Å². The number of hydrogen-bond acceptors (Lipinski definition) is 1. The summed E-state index contributed by atoms with van der Waals surface area (Å²) in [4.78, 5) is 2.53. The van der Waals surface area contributed by atoms with Crippen molar-refractivity contribution in [3.63, 3.8) is 0 Å². The first-order chi connectivity index (χ1) is 7.75. The van der Waals surface area contributed by atoms with Gasteiger partial charge in [-0.2, -0.15) is 0 Å². The third-order valence-corrected chi connectivity index (χ3v) is 3.89. The van der Waals surface area contributed by atoms with Gasteiger partial charge < -0.3 is 4.90 Å². The van der Waals surface area contributed by atoms with Crippen molar-refractivity contribution in [1.82, 2.24) is 4.90 Å². The number of likely N-dealkylation sites (tertiary alicyclic amines) is 1. The smallest absolute Gasteiger partial charge is 0.0595 e. The van der Waals surface area contributed by atoms with Crippen LogP contribution in [0.25, 0.3) is 0 Å². The fraction of sp³-hybridized carbons (Fsp3) is 0.538. The largest absolute Gasteiger partial charge is 0.303 e. The minimum atomic E-state index is 0.642. The molecule has 3 heteroatoms. The number of nitrogens with zero attached hydrogens (tertiary/aromatic N) is 1. The van der Waals surface area contributed by atoms with Crippen LogP contribution in [-0.2, 0) is 6.42 Å². The zero-order chi connectivity index (χ0) is 11.4. The van der Waals surface area contributed by atoms with Gasteiger partial charge in [-0.1, -0.05) is 35.7 Å². The molecule has 0 atom stereocenters. The van der Waals surface area contributed by atoms with Crippen LogP contribution in [0.3, 0.4) is 0 Å². The fourth-order valence-corrected chi connectivity index (χ4v) is 2.49. The molecule has 1 aliphatic rings. The van der Waals surface area contributed by atoms with E-state index in [2.05, 4.69) is 11.0 Å². The number of benzene rings is 1. The summed E-state index contributed by atoms with van der Waals surface area (Å²) in [6.45, 7) is 3.64. The molecule has 1 aromatic rings. The van der Waals surface area contributed by atoms with Crippen LogP contribution < -0.4 is 0 Å². The Morgan fingerprint density at radius 2 is 1.75 bits per heavy atom. The summed E-state index contributed by atoms with van der Waals surface area (Å²) in [7, 11) is 0. The molecule has 2 rings (SSSR count). The molecular weight excluding hydrogens is 241 g/mol. The molecule has 0 bridgehead atoms. The van der Waals surface area contributed by atoms with Gasteiger partial charge in [0.1, 0.15) is 0 Å². The van der Waals surface area contributed by atoms with E-state index in [1.165, 1.54) is 37.9 Å². The van der Waals surface area contributed by atoms with Gasteiger partial charge in [0, 0.05) is 6.54 Å². The van der Waals surface area contributed by atoms with Crippen molar-refractivity contribution in [3.8, 4) is 0 Å². The van der Waals surface area contributed by atoms with Crippen molar-refractivity contribution in [2.45, 2.75) is 25.7 Å². The first-order valence-electron chi connectivity index (χ1n) is 5.92. The van der Waals surface area contributed by atoms with E-state index in [4.69, 9.17) is 23.2 Å². The van der Waals surface area contributed by atoms with Gasteiger partial charge in [0.25, 0.3) is 0 Å². The molecule has 0 unspecified atom stereocenters. The molecule has 88 valence electrons. The molecule has 1 saturated heterocycles. The van der Waals surface area contributed by atoms with E-state index in [0.717, 1.165) is 13.0 Å². The molecule has 0 amide bonds. The van der Waals surface area contributed by atoms with Crippen LogP contribution in [0, 0.1) is 0 Å². The van der Waals surface area contributed by atoms with Crippen molar-refractivity contribution in [3.05, 3.63) is 33.8 Å². The maximum Gasteiger partial charge on any atom is 0.0595 e. The molecule has 0 aliphatic carbocycles. The summed E-state index contributed by atoms with van der Waals surface area (Å²) in [6, 6.07) is 5.93. The Hall–Kier alpha value is -0.240. The molecule has 1 heterocycles. The second-order valence-electron chi connectivity index (χ2n) is 4.40. The van der Waals surface area contributed by atoms with Crippen LogP contribution in [0.4, 0.5) is 0 Å². The Bertz CT molecular complexity index is 346. The highest BCUT2D eigenvalue weighted by atomic mass is 35.5. The van der Waals surface area contributed by atoms with E-state index >= 15 is 0 Å². The molecule has 0 saturated carbocycles. The van der Waals surface area contributed by atoms with Gasteiger partial charge in [-0.15, -0.1) is 0 Å². The Balaban J connectivity index is 1.86. The molecule has 1 aliphatic heterocycles. The van der Waals surface area contributed by atoms with Gasteiger partial charge in [-0.3, -0.25) is 0 Å². The normalized spacial score (nSPS) is 17.6. The zero-order valence-electron chi connectivity index (χ0n) is 9.38. The zero-order valence-corrected chi connectivity index (χ0v) is 10.9. The van der Waals surface area contributed by atoms with Crippen molar-refractivity contribution >= 4 is 23.2 Å². The predicted octanol–water partition coefficient (Wildman–Crippen LogP) is 4.02. The van der Waals surface area contributed by atoms with E-state index < -0.39 is 0 Å². The summed E-state index contributed by atoms with van der Waals surface area (Å²) >= 11 is 11.9. The van der Waals surface area contributed by atoms with E-state index in [-0.39, 0.29) is 0 Å². The van der Waals surface area contributed by atoms with Crippen molar-refractivity contribution < 1.29 is 0 Å². The monoisotopic (exact) mass is 257 g/mol. The Labute approximate surface area is 107 Å². The van der Waals surface area contributed by atoms with Crippen molar-refractivity contribution in [1.29, 1.82) is 0 Å². The Morgan fingerprint density at radius 1 is 1.00 bits per heavy atom. The quantitative estimate of drug-likeness (QED) is 0.791. The second kappa shape index (κ2) is 5.90. The standard InChI is InChI=1S/C13H17Cl2N/c14-12-5-4-11(10-13(12)15)6-9-16-7-2-1-3-8-16/h4-5,10H,1-3,6-9H2. The summed E-state index contributed by atoms with van der Waals surface area (Å²) < 4.78 is 0. The van der Waals surface area contributed by atoms with Gasteiger partial charge in [0.15, 0.2) is 0 Å². The number of halogens is 2. The first-order valence-corrected chi connectivity index (χ1v) is 6.67. The second-order valence-corrected chi connectivity index (χ2v) is 5.22. The molecule has 0 aromatic heterocycles.